The summed E-state index contributed by atoms with van der Waals surface area (Å²) in [6, 6.07) is 0. The summed E-state index contributed by atoms with van der Waals surface area (Å²) in [5.41, 5.74) is 0. The smallest absolute Gasteiger partial charge is 0.290 e. The van der Waals surface area contributed by atoms with Gasteiger partial charge in [-0.3, -0.25) is 4.79 Å². The first-order valence-corrected chi connectivity index (χ1v) is 2.35. The minimum absolute atomic E-state index is 0. The van der Waals surface area contributed by atoms with Crippen molar-refractivity contribution in [1.29, 1.82) is 0 Å². The van der Waals surface area contributed by atoms with Gasteiger partial charge in [0.2, 0.25) is 0 Å². The molecule has 0 heterocycles. The van der Waals surface area contributed by atoms with Crippen molar-refractivity contribution in [3.8, 4) is 0 Å². The van der Waals surface area contributed by atoms with Crippen LogP contribution in [0.25, 0.3) is 0 Å². The molecule has 0 fully saturated rings. The van der Waals surface area contributed by atoms with E-state index in [9.17, 15) is 0 Å². The van der Waals surface area contributed by atoms with E-state index in [0.29, 0.717) is 0 Å². The molecule has 0 aromatic rings. The highest BCUT2D eigenvalue weighted by Crippen LogP contribution is 1.65. The first kappa shape index (κ1) is 22.8. The topological polar surface area (TPSA) is 109 Å². The van der Waals surface area contributed by atoms with E-state index in [2.05, 4.69) is 0 Å². The van der Waals surface area contributed by atoms with E-state index in [1.165, 1.54) is 0 Å². The van der Waals surface area contributed by atoms with E-state index in [1.807, 2.05) is 0 Å². The van der Waals surface area contributed by atoms with Crippen LogP contribution in [0.3, 0.4) is 0 Å². The predicted octanol–water partition coefficient (Wildman–Crippen LogP) is -1.13. The van der Waals surface area contributed by atoms with Crippen LogP contribution in [0.4, 0.5) is 0 Å². The fourth-order valence-electron chi connectivity index (χ4n) is 0. The molecular weight excluding hydrogens is 140 g/mol. The van der Waals surface area contributed by atoms with Crippen molar-refractivity contribution in [2.75, 3.05) is 7.11 Å². The van der Waals surface area contributed by atoms with Gasteiger partial charge in [0, 0.05) is 13.2 Å². The Kier molecular flexibility index (Phi) is 91.5. The summed E-state index contributed by atoms with van der Waals surface area (Å²) in [4.78, 5) is 8.36. The van der Waals surface area contributed by atoms with Crippen LogP contribution >= 0.6 is 0 Å². The van der Waals surface area contributed by atoms with Crippen LogP contribution in [0.15, 0.2) is 0 Å². The zero-order chi connectivity index (χ0) is 8.28. The zero-order valence-corrected chi connectivity index (χ0v) is 6.40. The summed E-state index contributed by atoms with van der Waals surface area (Å²) in [6.07, 6.45) is -0.167. The molecule has 0 bridgehead atoms. The summed E-state index contributed by atoms with van der Waals surface area (Å²) in [7, 11) is 1.00. The fourth-order valence-corrected chi connectivity index (χ4v) is 0. The Morgan fingerprint density at radius 2 is 1.30 bits per heavy atom. The molecular formula is C5H16O5. The van der Waals surface area contributed by atoms with E-state index in [1.54, 1.807) is 13.8 Å². The van der Waals surface area contributed by atoms with Crippen LogP contribution in [0.5, 0.6) is 0 Å². The van der Waals surface area contributed by atoms with Crippen molar-refractivity contribution in [1.82, 2.24) is 0 Å². The molecule has 0 aromatic heterocycles. The van der Waals surface area contributed by atoms with Gasteiger partial charge in [-0.1, -0.05) is 0 Å². The molecule has 0 spiro atoms. The second kappa shape index (κ2) is 40.2. The minimum atomic E-state index is -0.250. The van der Waals surface area contributed by atoms with Gasteiger partial charge in [0.25, 0.3) is 6.47 Å². The molecule has 0 aliphatic heterocycles. The molecule has 0 aromatic carbocycles. The maximum atomic E-state index is 8.36. The van der Waals surface area contributed by atoms with Crippen molar-refractivity contribution >= 4 is 6.47 Å². The second-order valence-electron chi connectivity index (χ2n) is 1.20. The van der Waals surface area contributed by atoms with Crippen molar-refractivity contribution in [3.63, 3.8) is 0 Å². The molecule has 5 nitrogen and oxygen atoms in total. The minimum Gasteiger partial charge on any atom is -0.483 e. The summed E-state index contributed by atoms with van der Waals surface area (Å²) >= 11 is 0. The molecule has 0 aliphatic carbocycles. The number of carboxylic acid groups (broad SMARTS) is 1. The molecule has 0 unspecified atom stereocenters. The molecule has 5 heteroatoms. The number of rotatable bonds is 0. The lowest BCUT2D eigenvalue weighted by atomic mass is 10.5. The van der Waals surface area contributed by atoms with Gasteiger partial charge in [0.05, 0.1) is 0 Å². The van der Waals surface area contributed by atoms with Crippen LogP contribution in [0.2, 0.25) is 0 Å². The first-order valence-electron chi connectivity index (χ1n) is 2.35. The Balaban J connectivity index is -0.0000000273. The number of aliphatic hydroxyl groups excluding tert-OH is 2. The van der Waals surface area contributed by atoms with Crippen LogP contribution in [-0.4, -0.2) is 40.5 Å². The number of aliphatic hydroxyl groups is 2. The summed E-state index contributed by atoms with van der Waals surface area (Å²) < 4.78 is 0. The Labute approximate surface area is 60.2 Å². The molecule has 0 amide bonds. The SMILES string of the molecule is CC(C)O.CO.O.O=CO. The Morgan fingerprint density at radius 1 is 1.30 bits per heavy atom. The fraction of sp³-hybridized carbons (Fsp3) is 0.800. The Morgan fingerprint density at radius 3 is 1.30 bits per heavy atom. The second-order valence-corrected chi connectivity index (χ2v) is 1.20. The van der Waals surface area contributed by atoms with Gasteiger partial charge in [0.15, 0.2) is 0 Å². The molecule has 0 atom stereocenters. The molecule has 0 saturated carbocycles. The van der Waals surface area contributed by atoms with Crippen molar-refractivity contribution in [3.05, 3.63) is 0 Å². The van der Waals surface area contributed by atoms with Crippen LogP contribution in [0, 0.1) is 0 Å². The molecule has 0 radical (unpaired) electrons. The van der Waals surface area contributed by atoms with E-state index >= 15 is 0 Å². The third-order valence-corrected chi connectivity index (χ3v) is 0. The monoisotopic (exact) mass is 156 g/mol. The Bertz CT molecular complexity index is 34.3. The lowest BCUT2D eigenvalue weighted by Crippen LogP contribution is -1.85. The lowest BCUT2D eigenvalue weighted by Gasteiger charge is -1.80. The predicted molar refractivity (Wildman–Crippen MR) is 37.8 cm³/mol. The molecule has 0 rings (SSSR count). The van der Waals surface area contributed by atoms with E-state index in [4.69, 9.17) is 20.1 Å². The summed E-state index contributed by atoms with van der Waals surface area (Å²) in [6.45, 7) is 3.19. The van der Waals surface area contributed by atoms with Crippen LogP contribution in [0.1, 0.15) is 13.8 Å². The molecule has 5 N–H and O–H groups in total. The van der Waals surface area contributed by atoms with Gasteiger partial charge in [-0.15, -0.1) is 0 Å². The number of hydrogen-bond donors (Lipinski definition) is 3. The average Bonchev–Trinajstić information content (AvgIpc) is 1.71. The van der Waals surface area contributed by atoms with Crippen molar-refractivity contribution < 1.29 is 25.6 Å². The standard InChI is InChI=1S/C3H8O.CH2O2.CH4O.H2O/c1-3(2)4;2-1-3;1-2;/h3-4H,1-2H3;1H,(H,2,3);2H,1H3;1H2. The lowest BCUT2D eigenvalue weighted by molar-refractivity contribution is -0.122. The summed E-state index contributed by atoms with van der Waals surface area (Å²) in [5, 5.41) is 21.9. The average molecular weight is 156 g/mol. The van der Waals surface area contributed by atoms with Gasteiger partial charge in [0.1, 0.15) is 0 Å². The highest BCUT2D eigenvalue weighted by atomic mass is 16.3. The molecule has 0 saturated heterocycles. The zero-order valence-electron chi connectivity index (χ0n) is 6.40. The summed E-state index contributed by atoms with van der Waals surface area (Å²) in [5.74, 6) is 0. The van der Waals surface area contributed by atoms with Crippen LogP contribution in [-0.2, 0) is 4.79 Å². The quantitative estimate of drug-likeness (QED) is 0.385. The van der Waals surface area contributed by atoms with Gasteiger partial charge >= 0.3 is 0 Å². The van der Waals surface area contributed by atoms with Crippen molar-refractivity contribution in [2.24, 2.45) is 0 Å². The highest BCUT2D eigenvalue weighted by Gasteiger charge is 1.69. The third kappa shape index (κ3) is 701. The third-order valence-electron chi connectivity index (χ3n) is 0. The first-order chi connectivity index (χ1) is 4.15. The normalized spacial score (nSPS) is 5.40. The van der Waals surface area contributed by atoms with E-state index < -0.39 is 0 Å². The van der Waals surface area contributed by atoms with Gasteiger partial charge in [-0.05, 0) is 13.8 Å². The Hall–Kier alpha value is -0.650. The van der Waals surface area contributed by atoms with Gasteiger partial charge in [-0.25, -0.2) is 0 Å². The van der Waals surface area contributed by atoms with Gasteiger partial charge < -0.3 is 20.8 Å². The number of carbonyl (C=O) groups is 1. The largest absolute Gasteiger partial charge is 0.483 e. The molecule has 0 aliphatic rings. The highest BCUT2D eigenvalue weighted by molar-refractivity contribution is 5.32. The van der Waals surface area contributed by atoms with Crippen LogP contribution < -0.4 is 0 Å². The van der Waals surface area contributed by atoms with E-state index in [-0.39, 0.29) is 18.1 Å². The molecule has 10 heavy (non-hydrogen) atoms. The maximum Gasteiger partial charge on any atom is 0.290 e. The molecule has 66 valence electrons. The maximum absolute atomic E-state index is 8.36. The van der Waals surface area contributed by atoms with Crippen molar-refractivity contribution in [2.45, 2.75) is 20.0 Å². The number of hydrogen-bond acceptors (Lipinski definition) is 3. The van der Waals surface area contributed by atoms with E-state index in [0.717, 1.165) is 7.11 Å². The van der Waals surface area contributed by atoms with Gasteiger partial charge in [-0.2, -0.15) is 0 Å².